The van der Waals surface area contributed by atoms with Crippen LogP contribution in [0.3, 0.4) is 0 Å². The molecule has 1 aliphatic heterocycles. The first-order valence-corrected chi connectivity index (χ1v) is 8.47. The summed E-state index contributed by atoms with van der Waals surface area (Å²) in [5, 5.41) is 9.34. The smallest absolute Gasteiger partial charge is 0.128 e. The quantitative estimate of drug-likeness (QED) is 0.729. The van der Waals surface area contributed by atoms with Crippen molar-refractivity contribution in [2.45, 2.75) is 45.6 Å². The topological polar surface area (TPSA) is 51.0 Å². The molecular weight excluding hydrogens is 312 g/mol. The fourth-order valence-electron chi connectivity index (χ4n) is 3.14. The van der Waals surface area contributed by atoms with E-state index in [0.29, 0.717) is 10.9 Å². The number of hydrogen-bond acceptors (Lipinski definition) is 4. The standard InChI is InChI=1S/C18H21ClN2O2/c1-11(2)23-18-4-3-14(19)8-16(18)17-9-15(20-21-17)7-12-5-13(6-12)10-22/h3-4,8,10-13H,5-7,9H2,1-2H3. The molecule has 0 radical (unpaired) electrons. The van der Waals surface area contributed by atoms with Gasteiger partial charge in [0.25, 0.3) is 0 Å². The molecule has 2 aliphatic rings. The summed E-state index contributed by atoms with van der Waals surface area (Å²) >= 11 is 6.14. The minimum absolute atomic E-state index is 0.0903. The summed E-state index contributed by atoms with van der Waals surface area (Å²) in [6.07, 6.45) is 4.78. The summed E-state index contributed by atoms with van der Waals surface area (Å²) in [5.41, 5.74) is 2.92. The van der Waals surface area contributed by atoms with Crippen molar-refractivity contribution in [2.24, 2.45) is 22.0 Å². The lowest BCUT2D eigenvalue weighted by molar-refractivity contribution is -0.114. The van der Waals surface area contributed by atoms with Crippen molar-refractivity contribution in [2.75, 3.05) is 0 Å². The Morgan fingerprint density at radius 2 is 2.13 bits per heavy atom. The number of aldehydes is 1. The van der Waals surface area contributed by atoms with Crippen LogP contribution < -0.4 is 4.74 Å². The van der Waals surface area contributed by atoms with Crippen LogP contribution >= 0.6 is 11.6 Å². The van der Waals surface area contributed by atoms with E-state index in [2.05, 4.69) is 10.2 Å². The van der Waals surface area contributed by atoms with Gasteiger partial charge in [-0.3, -0.25) is 0 Å². The van der Waals surface area contributed by atoms with E-state index in [4.69, 9.17) is 16.3 Å². The largest absolute Gasteiger partial charge is 0.490 e. The van der Waals surface area contributed by atoms with Crippen molar-refractivity contribution in [1.82, 2.24) is 0 Å². The van der Waals surface area contributed by atoms with Gasteiger partial charge in [0.1, 0.15) is 12.0 Å². The van der Waals surface area contributed by atoms with Crippen LogP contribution in [0.1, 0.15) is 45.1 Å². The second-order valence-electron chi connectivity index (χ2n) is 6.63. The number of carbonyl (C=O) groups excluding carboxylic acids is 1. The predicted molar refractivity (Wildman–Crippen MR) is 92.7 cm³/mol. The number of halogens is 1. The van der Waals surface area contributed by atoms with Gasteiger partial charge in [-0.25, -0.2) is 0 Å². The first-order valence-electron chi connectivity index (χ1n) is 8.09. The number of nitrogens with zero attached hydrogens (tertiary/aromatic N) is 2. The maximum atomic E-state index is 10.7. The van der Waals surface area contributed by atoms with E-state index in [1.807, 2.05) is 32.0 Å². The Bertz CT molecular complexity index is 661. The summed E-state index contributed by atoms with van der Waals surface area (Å²) in [6.45, 7) is 3.99. The fraction of sp³-hybridized carbons (Fsp3) is 0.500. The Hall–Kier alpha value is -1.68. The molecule has 23 heavy (non-hydrogen) atoms. The van der Waals surface area contributed by atoms with Crippen LogP contribution in [0.5, 0.6) is 5.75 Å². The molecule has 0 spiro atoms. The van der Waals surface area contributed by atoms with E-state index >= 15 is 0 Å². The monoisotopic (exact) mass is 332 g/mol. The number of carbonyl (C=O) groups is 1. The minimum atomic E-state index is 0.0903. The lowest BCUT2D eigenvalue weighted by Crippen LogP contribution is -2.26. The predicted octanol–water partition coefficient (Wildman–Crippen LogP) is 4.29. The Kier molecular flexibility index (Phi) is 4.81. The van der Waals surface area contributed by atoms with E-state index in [9.17, 15) is 4.79 Å². The molecule has 1 aromatic rings. The zero-order chi connectivity index (χ0) is 16.4. The van der Waals surface area contributed by atoms with Gasteiger partial charge in [-0.15, -0.1) is 0 Å². The van der Waals surface area contributed by atoms with E-state index < -0.39 is 0 Å². The van der Waals surface area contributed by atoms with Gasteiger partial charge in [0.05, 0.1) is 11.8 Å². The Balaban J connectivity index is 1.65. The molecule has 0 atom stereocenters. The zero-order valence-corrected chi connectivity index (χ0v) is 14.2. The molecule has 122 valence electrons. The van der Waals surface area contributed by atoms with Crippen LogP contribution in [0.4, 0.5) is 0 Å². The third kappa shape index (κ3) is 3.81. The molecule has 5 heteroatoms. The number of hydrogen-bond donors (Lipinski definition) is 0. The molecule has 1 saturated carbocycles. The lowest BCUT2D eigenvalue weighted by atomic mass is 9.73. The molecule has 4 nitrogen and oxygen atoms in total. The van der Waals surface area contributed by atoms with Gasteiger partial charge >= 0.3 is 0 Å². The van der Waals surface area contributed by atoms with Crippen LogP contribution in [-0.4, -0.2) is 23.8 Å². The molecule has 1 aliphatic carbocycles. The van der Waals surface area contributed by atoms with E-state index in [-0.39, 0.29) is 12.0 Å². The Labute approximate surface area is 141 Å². The maximum absolute atomic E-state index is 10.7. The Morgan fingerprint density at radius 3 is 2.83 bits per heavy atom. The third-order valence-corrected chi connectivity index (χ3v) is 4.52. The summed E-state index contributed by atoms with van der Waals surface area (Å²) in [7, 11) is 0. The summed E-state index contributed by atoms with van der Waals surface area (Å²) in [6, 6.07) is 5.61. The van der Waals surface area contributed by atoms with Crippen molar-refractivity contribution in [3.05, 3.63) is 28.8 Å². The third-order valence-electron chi connectivity index (χ3n) is 4.29. The first kappa shape index (κ1) is 16.2. The summed E-state index contributed by atoms with van der Waals surface area (Å²) in [5.74, 6) is 1.62. The zero-order valence-electron chi connectivity index (χ0n) is 13.5. The van der Waals surface area contributed by atoms with E-state index in [1.54, 1.807) is 0 Å². The first-order chi connectivity index (χ1) is 11.0. The van der Waals surface area contributed by atoms with Gasteiger partial charge in [0, 0.05) is 28.6 Å². The molecule has 0 amide bonds. The van der Waals surface area contributed by atoms with Gasteiger partial charge in [-0.1, -0.05) is 11.6 Å². The average molecular weight is 333 g/mol. The highest BCUT2D eigenvalue weighted by Crippen LogP contribution is 2.36. The van der Waals surface area contributed by atoms with Crippen molar-refractivity contribution < 1.29 is 9.53 Å². The van der Waals surface area contributed by atoms with Crippen LogP contribution in [-0.2, 0) is 4.79 Å². The van der Waals surface area contributed by atoms with Gasteiger partial charge in [-0.05, 0) is 57.2 Å². The second-order valence-corrected chi connectivity index (χ2v) is 7.07. The minimum Gasteiger partial charge on any atom is -0.490 e. The van der Waals surface area contributed by atoms with Gasteiger partial charge in [0.2, 0.25) is 0 Å². The second kappa shape index (κ2) is 6.83. The van der Waals surface area contributed by atoms with Crippen LogP contribution in [0, 0.1) is 11.8 Å². The molecule has 0 bridgehead atoms. The average Bonchev–Trinajstić information content (AvgIpc) is 2.92. The summed E-state index contributed by atoms with van der Waals surface area (Å²) in [4.78, 5) is 10.7. The van der Waals surface area contributed by atoms with Crippen molar-refractivity contribution in [3.63, 3.8) is 0 Å². The van der Waals surface area contributed by atoms with Crippen LogP contribution in [0.25, 0.3) is 0 Å². The highest BCUT2D eigenvalue weighted by Gasteiger charge is 2.31. The van der Waals surface area contributed by atoms with E-state index in [0.717, 1.165) is 54.7 Å². The fourth-order valence-corrected chi connectivity index (χ4v) is 3.31. The molecule has 0 N–H and O–H groups in total. The number of ether oxygens (including phenoxy) is 1. The van der Waals surface area contributed by atoms with Crippen LogP contribution in [0.15, 0.2) is 28.4 Å². The lowest BCUT2D eigenvalue weighted by Gasteiger charge is -2.31. The molecule has 0 unspecified atom stereocenters. The molecule has 1 heterocycles. The van der Waals surface area contributed by atoms with Crippen molar-refractivity contribution in [3.8, 4) is 5.75 Å². The molecule has 3 rings (SSSR count). The maximum Gasteiger partial charge on any atom is 0.128 e. The number of rotatable bonds is 6. The molecule has 0 aromatic heterocycles. The molecular formula is C18H21ClN2O2. The molecule has 0 saturated heterocycles. The van der Waals surface area contributed by atoms with Crippen molar-refractivity contribution >= 4 is 29.3 Å². The van der Waals surface area contributed by atoms with E-state index in [1.165, 1.54) is 0 Å². The van der Waals surface area contributed by atoms with Gasteiger partial charge in [-0.2, -0.15) is 10.2 Å². The molecule has 1 fully saturated rings. The van der Waals surface area contributed by atoms with Crippen LogP contribution in [0.2, 0.25) is 5.02 Å². The highest BCUT2D eigenvalue weighted by molar-refractivity contribution is 6.31. The SMILES string of the molecule is CC(C)Oc1ccc(Cl)cc1C1=NN=C(CC2CC(C=O)C2)C1. The van der Waals surface area contributed by atoms with Gasteiger partial charge in [0.15, 0.2) is 0 Å². The Morgan fingerprint density at radius 1 is 1.35 bits per heavy atom. The van der Waals surface area contributed by atoms with Crippen molar-refractivity contribution in [1.29, 1.82) is 0 Å². The summed E-state index contributed by atoms with van der Waals surface area (Å²) < 4.78 is 5.86. The molecule has 1 aromatic carbocycles. The van der Waals surface area contributed by atoms with Gasteiger partial charge < -0.3 is 9.53 Å². The number of benzene rings is 1. The normalized spacial score (nSPS) is 23.3. The highest BCUT2D eigenvalue weighted by atomic mass is 35.5.